The van der Waals surface area contributed by atoms with Crippen molar-refractivity contribution in [3.8, 4) is 5.75 Å². The molecule has 0 aliphatic carbocycles. The molecule has 0 saturated heterocycles. The number of aromatic nitrogens is 3. The summed E-state index contributed by atoms with van der Waals surface area (Å²) in [4.78, 5) is 12.1. The van der Waals surface area contributed by atoms with Gasteiger partial charge in [0, 0.05) is 5.56 Å². The Bertz CT molecular complexity index is 925. The highest BCUT2D eigenvalue weighted by Crippen LogP contribution is 2.18. The molecule has 0 atom stereocenters. The number of ketones is 1. The number of nitrogen functional groups attached to an aromatic ring is 1. The number of nitrogens with one attached hydrogen (secondary N) is 1. The number of hydrogen-bond acceptors (Lipinski definition) is 8. The van der Waals surface area contributed by atoms with Crippen LogP contribution >= 0.6 is 11.8 Å². The zero-order valence-electron chi connectivity index (χ0n) is 14.6. The maximum absolute atomic E-state index is 12.1. The highest BCUT2D eigenvalue weighted by Gasteiger charge is 2.12. The molecule has 1 aromatic heterocycles. The summed E-state index contributed by atoms with van der Waals surface area (Å²) in [5.74, 6) is 7.21. The van der Waals surface area contributed by atoms with E-state index < -0.39 is 0 Å². The second-order valence-electron chi connectivity index (χ2n) is 5.40. The average Bonchev–Trinajstić information content (AvgIpc) is 3.07. The number of carbonyl (C=O) groups excluding carboxylic acids is 1. The Hall–Kier alpha value is -3.33. The van der Waals surface area contributed by atoms with Gasteiger partial charge in [-0.1, -0.05) is 42.1 Å². The van der Waals surface area contributed by atoms with E-state index in [1.54, 1.807) is 25.5 Å². The number of carbonyl (C=O) groups is 1. The fourth-order valence-electron chi connectivity index (χ4n) is 2.14. The molecule has 8 nitrogen and oxygen atoms in total. The molecule has 0 aliphatic heterocycles. The van der Waals surface area contributed by atoms with Crippen molar-refractivity contribution in [3.05, 3.63) is 65.7 Å². The number of benzene rings is 2. The summed E-state index contributed by atoms with van der Waals surface area (Å²) in [5, 5.41) is 12.4. The van der Waals surface area contributed by atoms with E-state index in [4.69, 9.17) is 10.6 Å². The van der Waals surface area contributed by atoms with Crippen molar-refractivity contribution in [2.45, 2.75) is 5.16 Å². The summed E-state index contributed by atoms with van der Waals surface area (Å²) in [7, 11) is 1.61. The number of rotatable bonds is 8. The van der Waals surface area contributed by atoms with Gasteiger partial charge in [-0.3, -0.25) is 4.79 Å². The van der Waals surface area contributed by atoms with Crippen LogP contribution in [0.4, 0.5) is 5.95 Å². The van der Waals surface area contributed by atoms with Crippen molar-refractivity contribution in [1.82, 2.24) is 14.9 Å². The first-order chi connectivity index (χ1) is 13.2. The van der Waals surface area contributed by atoms with Crippen LogP contribution in [0.1, 0.15) is 15.9 Å². The minimum absolute atomic E-state index is 0.00404. The molecule has 0 saturated carbocycles. The van der Waals surface area contributed by atoms with Gasteiger partial charge in [-0.25, -0.2) is 10.1 Å². The first-order valence-corrected chi connectivity index (χ1v) is 9.00. The first-order valence-electron chi connectivity index (χ1n) is 8.02. The summed E-state index contributed by atoms with van der Waals surface area (Å²) in [6.07, 6.45) is 1.62. The van der Waals surface area contributed by atoms with Crippen molar-refractivity contribution >= 4 is 29.7 Å². The molecule has 0 radical (unpaired) electrons. The molecule has 3 N–H and O–H groups in total. The maximum Gasteiger partial charge on any atom is 0.264 e. The Morgan fingerprint density at radius 3 is 2.67 bits per heavy atom. The molecule has 0 unspecified atom stereocenters. The zero-order valence-corrected chi connectivity index (χ0v) is 15.4. The molecular formula is C18H18N6O2S. The number of nitrogens with zero attached hydrogens (tertiary/aromatic N) is 4. The van der Waals surface area contributed by atoms with Gasteiger partial charge in [0.1, 0.15) is 5.75 Å². The summed E-state index contributed by atoms with van der Waals surface area (Å²) >= 11 is 1.21. The molecule has 9 heteroatoms. The molecule has 0 amide bonds. The van der Waals surface area contributed by atoms with Crippen molar-refractivity contribution in [2.24, 2.45) is 5.10 Å². The largest absolute Gasteiger partial charge is 0.497 e. The number of methoxy groups -OCH3 is 1. The molecule has 0 bridgehead atoms. The molecule has 27 heavy (non-hydrogen) atoms. The van der Waals surface area contributed by atoms with Crippen LogP contribution in [0.5, 0.6) is 5.75 Å². The minimum Gasteiger partial charge on any atom is -0.497 e. The third-order valence-corrected chi connectivity index (χ3v) is 4.53. The van der Waals surface area contributed by atoms with Crippen molar-refractivity contribution in [2.75, 3.05) is 24.1 Å². The van der Waals surface area contributed by atoms with Crippen LogP contribution in [0.2, 0.25) is 0 Å². The highest BCUT2D eigenvalue weighted by atomic mass is 32.2. The second-order valence-corrected chi connectivity index (χ2v) is 6.34. The van der Waals surface area contributed by atoms with Crippen molar-refractivity contribution in [3.63, 3.8) is 0 Å². The third-order valence-electron chi connectivity index (χ3n) is 3.59. The maximum atomic E-state index is 12.1. The number of ether oxygens (including phenoxy) is 1. The second kappa shape index (κ2) is 8.86. The van der Waals surface area contributed by atoms with Crippen molar-refractivity contribution in [1.29, 1.82) is 0 Å². The number of hydrazone groups is 1. The molecule has 3 aromatic rings. The predicted molar refractivity (Wildman–Crippen MR) is 106 cm³/mol. The Kier molecular flexibility index (Phi) is 6.06. The molecule has 138 valence electrons. The van der Waals surface area contributed by atoms with E-state index in [9.17, 15) is 4.79 Å². The SMILES string of the molecule is COc1ccc(/C=N/Nc2nnc(SCC(=O)c3ccccc3)n2N)cc1. The third kappa shape index (κ3) is 4.85. The normalized spacial score (nSPS) is 10.9. The topological polar surface area (TPSA) is 107 Å². The lowest BCUT2D eigenvalue weighted by Gasteiger charge is -2.03. The quantitative estimate of drug-likeness (QED) is 0.202. The van der Waals surface area contributed by atoms with Gasteiger partial charge in [-0.15, -0.1) is 10.2 Å². The molecule has 0 spiro atoms. The smallest absolute Gasteiger partial charge is 0.264 e. The van der Waals surface area contributed by atoms with Gasteiger partial charge in [0.05, 0.1) is 19.1 Å². The van der Waals surface area contributed by atoms with E-state index in [1.165, 1.54) is 16.4 Å². The van der Waals surface area contributed by atoms with Crippen LogP contribution in [0, 0.1) is 0 Å². The van der Waals surface area contributed by atoms with E-state index in [-0.39, 0.29) is 17.5 Å². The van der Waals surface area contributed by atoms with Gasteiger partial charge < -0.3 is 10.6 Å². The van der Waals surface area contributed by atoms with Gasteiger partial charge >= 0.3 is 0 Å². The lowest BCUT2D eigenvalue weighted by molar-refractivity contribution is 0.102. The Morgan fingerprint density at radius 2 is 1.96 bits per heavy atom. The van der Waals surface area contributed by atoms with Crippen LogP contribution < -0.4 is 16.0 Å². The van der Waals surface area contributed by atoms with Gasteiger partial charge in [-0.2, -0.15) is 5.10 Å². The highest BCUT2D eigenvalue weighted by molar-refractivity contribution is 7.99. The van der Waals surface area contributed by atoms with Crippen LogP contribution in [0.3, 0.4) is 0 Å². The first kappa shape index (κ1) is 18.5. The molecule has 0 fully saturated rings. The van der Waals surface area contributed by atoms with Gasteiger partial charge in [0.15, 0.2) is 5.78 Å². The van der Waals surface area contributed by atoms with E-state index in [1.807, 2.05) is 42.5 Å². The zero-order chi connectivity index (χ0) is 19.1. The van der Waals surface area contributed by atoms with Crippen molar-refractivity contribution < 1.29 is 9.53 Å². The van der Waals surface area contributed by atoms with Gasteiger partial charge in [0.2, 0.25) is 5.16 Å². The molecule has 2 aromatic carbocycles. The Balaban J connectivity index is 1.56. The number of Topliss-reactive ketones (excluding diaryl/α,β-unsaturated/α-hetero) is 1. The number of anilines is 1. The van der Waals surface area contributed by atoms with Crippen LogP contribution in [-0.4, -0.2) is 39.7 Å². The summed E-state index contributed by atoms with van der Waals surface area (Å²) in [5.41, 5.74) is 4.27. The molecule has 0 aliphatic rings. The fourth-order valence-corrected chi connectivity index (χ4v) is 2.89. The van der Waals surface area contributed by atoms with E-state index in [0.717, 1.165) is 11.3 Å². The number of nitrogens with two attached hydrogens (primary N) is 1. The monoisotopic (exact) mass is 382 g/mol. The summed E-state index contributed by atoms with van der Waals surface area (Å²) in [6, 6.07) is 16.5. The van der Waals surface area contributed by atoms with Crippen LogP contribution in [0.25, 0.3) is 0 Å². The van der Waals surface area contributed by atoms with E-state index >= 15 is 0 Å². The molecular weight excluding hydrogens is 364 g/mol. The lowest BCUT2D eigenvalue weighted by atomic mass is 10.2. The molecule has 3 rings (SSSR count). The fraction of sp³-hybridized carbons (Fsp3) is 0.111. The van der Waals surface area contributed by atoms with E-state index in [0.29, 0.717) is 10.7 Å². The van der Waals surface area contributed by atoms with Gasteiger partial charge in [-0.05, 0) is 29.8 Å². The summed E-state index contributed by atoms with van der Waals surface area (Å²) < 4.78 is 6.36. The number of hydrogen-bond donors (Lipinski definition) is 2. The molecule has 1 heterocycles. The standard InChI is InChI=1S/C18H18N6O2S/c1-26-15-9-7-13(8-10-15)11-20-21-17-22-23-18(24(17)19)27-12-16(25)14-5-3-2-4-6-14/h2-11H,12,19H2,1H3,(H,21,22)/b20-11+. The van der Waals surface area contributed by atoms with Gasteiger partial charge in [0.25, 0.3) is 5.95 Å². The summed E-state index contributed by atoms with van der Waals surface area (Å²) in [6.45, 7) is 0. The lowest BCUT2D eigenvalue weighted by Crippen LogP contribution is -2.14. The van der Waals surface area contributed by atoms with Crippen LogP contribution in [-0.2, 0) is 0 Å². The average molecular weight is 382 g/mol. The Morgan fingerprint density at radius 1 is 1.22 bits per heavy atom. The van der Waals surface area contributed by atoms with Crippen LogP contribution in [0.15, 0.2) is 64.9 Å². The number of thioether (sulfide) groups is 1. The van der Waals surface area contributed by atoms with E-state index in [2.05, 4.69) is 20.7 Å². The Labute approximate surface area is 160 Å². The minimum atomic E-state index is -0.00404. The predicted octanol–water partition coefficient (Wildman–Crippen LogP) is 2.42.